The Morgan fingerprint density at radius 1 is 1.31 bits per heavy atom. The van der Waals surface area contributed by atoms with Gasteiger partial charge in [-0.1, -0.05) is 18.2 Å². The number of aliphatic hydroxyl groups excluding tert-OH is 1. The minimum absolute atomic E-state index is 0.00377. The first-order chi connectivity index (χ1) is 12.5. The van der Waals surface area contributed by atoms with Crippen molar-refractivity contribution < 1.29 is 23.7 Å². The van der Waals surface area contributed by atoms with Gasteiger partial charge in [0.15, 0.2) is 6.29 Å². The molecule has 1 fully saturated rings. The lowest BCUT2D eigenvalue weighted by Crippen LogP contribution is -2.39. The maximum absolute atomic E-state index is 13.7. The van der Waals surface area contributed by atoms with Crippen LogP contribution < -0.4 is 11.2 Å². The summed E-state index contributed by atoms with van der Waals surface area (Å²) in [5.41, 5.74) is -0.784. The van der Waals surface area contributed by atoms with E-state index in [9.17, 15) is 19.1 Å². The quantitative estimate of drug-likeness (QED) is 0.746. The molecule has 0 amide bonds. The highest BCUT2D eigenvalue weighted by Crippen LogP contribution is 2.26. The van der Waals surface area contributed by atoms with Gasteiger partial charge in [-0.25, -0.2) is 9.18 Å². The Morgan fingerprint density at radius 3 is 2.77 bits per heavy atom. The fraction of sp³-hybridized carbons (Fsp3) is 0.412. The molecule has 3 rings (SSSR count). The van der Waals surface area contributed by atoms with E-state index < -0.39 is 41.7 Å². The van der Waals surface area contributed by atoms with Gasteiger partial charge in [-0.15, -0.1) is 0 Å². The molecule has 1 aromatic heterocycles. The van der Waals surface area contributed by atoms with Crippen molar-refractivity contribution in [2.24, 2.45) is 0 Å². The van der Waals surface area contributed by atoms with E-state index in [1.807, 2.05) is 0 Å². The number of rotatable bonds is 6. The molecule has 0 aliphatic carbocycles. The number of methoxy groups -OCH3 is 1. The second-order valence-electron chi connectivity index (χ2n) is 5.90. The van der Waals surface area contributed by atoms with Gasteiger partial charge in [-0.05, 0) is 6.07 Å². The van der Waals surface area contributed by atoms with Crippen molar-refractivity contribution in [3.8, 4) is 0 Å². The van der Waals surface area contributed by atoms with E-state index in [0.29, 0.717) is 5.56 Å². The third kappa shape index (κ3) is 3.91. The average Bonchev–Trinajstić information content (AvgIpc) is 2.92. The molecule has 1 aromatic carbocycles. The summed E-state index contributed by atoms with van der Waals surface area (Å²) in [6, 6.07) is 7.35. The summed E-state index contributed by atoms with van der Waals surface area (Å²) in [4.78, 5) is 25.0. The Morgan fingerprint density at radius 2 is 2.08 bits per heavy atom. The molecule has 2 heterocycles. The van der Waals surface area contributed by atoms with E-state index in [2.05, 4.69) is 4.98 Å². The van der Waals surface area contributed by atoms with Gasteiger partial charge in [0.25, 0.3) is 5.56 Å². The third-order valence-electron chi connectivity index (χ3n) is 4.19. The first-order valence-electron chi connectivity index (χ1n) is 8.00. The molecule has 9 heteroatoms. The molecule has 1 aliphatic rings. The highest BCUT2D eigenvalue weighted by Gasteiger charge is 2.45. The Labute approximate surface area is 147 Å². The van der Waals surface area contributed by atoms with Crippen LogP contribution in [0.3, 0.4) is 0 Å². The Bertz CT molecular complexity index is 867. The molecule has 4 atom stereocenters. The van der Waals surface area contributed by atoms with Crippen LogP contribution in [-0.2, 0) is 27.4 Å². The highest BCUT2D eigenvalue weighted by atomic mass is 19.1. The van der Waals surface area contributed by atoms with E-state index >= 15 is 0 Å². The lowest BCUT2D eigenvalue weighted by atomic mass is 10.1. The summed E-state index contributed by atoms with van der Waals surface area (Å²) >= 11 is 0. The van der Waals surface area contributed by atoms with Gasteiger partial charge in [0.05, 0.1) is 13.2 Å². The van der Waals surface area contributed by atoms with Crippen molar-refractivity contribution in [2.75, 3.05) is 7.11 Å². The Hall–Kier alpha value is -2.33. The van der Waals surface area contributed by atoms with Gasteiger partial charge in [-0.3, -0.25) is 14.3 Å². The summed E-state index contributed by atoms with van der Waals surface area (Å²) in [6.07, 6.45) is -2.32. The van der Waals surface area contributed by atoms with E-state index in [0.717, 1.165) is 0 Å². The molecular weight excluding hydrogens is 347 g/mol. The van der Waals surface area contributed by atoms with E-state index in [-0.39, 0.29) is 13.2 Å². The minimum atomic E-state index is -1.11. The van der Waals surface area contributed by atoms with Crippen molar-refractivity contribution in [3.05, 3.63) is 68.7 Å². The molecule has 1 saturated heterocycles. The summed E-state index contributed by atoms with van der Waals surface area (Å²) in [6.45, 7) is -0.0703. The summed E-state index contributed by atoms with van der Waals surface area (Å²) in [5, 5.41) is 10.5. The third-order valence-corrected chi connectivity index (χ3v) is 4.19. The lowest BCUT2D eigenvalue weighted by molar-refractivity contribution is -0.166. The summed E-state index contributed by atoms with van der Waals surface area (Å²) in [7, 11) is 1.39. The van der Waals surface area contributed by atoms with Crippen molar-refractivity contribution in [3.63, 3.8) is 0 Å². The summed E-state index contributed by atoms with van der Waals surface area (Å²) in [5.74, 6) is -0.411. The molecule has 140 valence electrons. The highest BCUT2D eigenvalue weighted by molar-refractivity contribution is 5.16. The van der Waals surface area contributed by atoms with Crippen LogP contribution in [0.4, 0.5) is 4.39 Å². The van der Waals surface area contributed by atoms with E-state index in [1.165, 1.54) is 30.0 Å². The van der Waals surface area contributed by atoms with Crippen LogP contribution in [0.15, 0.2) is 46.1 Å². The maximum atomic E-state index is 13.7. The van der Waals surface area contributed by atoms with Crippen LogP contribution in [0.5, 0.6) is 0 Å². The monoisotopic (exact) mass is 366 g/mol. The number of aromatic amines is 1. The van der Waals surface area contributed by atoms with E-state index in [4.69, 9.17) is 14.2 Å². The molecule has 8 nitrogen and oxygen atoms in total. The summed E-state index contributed by atoms with van der Waals surface area (Å²) < 4.78 is 31.3. The molecule has 0 unspecified atom stereocenters. The van der Waals surface area contributed by atoms with Crippen molar-refractivity contribution in [1.82, 2.24) is 9.55 Å². The van der Waals surface area contributed by atoms with Gasteiger partial charge in [-0.2, -0.15) is 0 Å². The number of aromatic nitrogens is 2. The lowest BCUT2D eigenvalue weighted by Gasteiger charge is -2.20. The molecule has 1 aliphatic heterocycles. The fourth-order valence-electron chi connectivity index (χ4n) is 2.80. The van der Waals surface area contributed by atoms with Crippen LogP contribution in [0.2, 0.25) is 0 Å². The number of halogens is 1. The molecule has 0 bridgehead atoms. The van der Waals surface area contributed by atoms with Gasteiger partial charge in [0.1, 0.15) is 24.1 Å². The van der Waals surface area contributed by atoms with Crippen LogP contribution in [0.1, 0.15) is 5.56 Å². The minimum Gasteiger partial charge on any atom is -0.387 e. The number of hydrogen-bond donors (Lipinski definition) is 2. The zero-order chi connectivity index (χ0) is 18.7. The molecule has 0 saturated carbocycles. The van der Waals surface area contributed by atoms with Gasteiger partial charge in [0.2, 0.25) is 0 Å². The van der Waals surface area contributed by atoms with Crippen LogP contribution >= 0.6 is 0 Å². The average molecular weight is 366 g/mol. The normalized spacial score (nSPS) is 25.5. The first-order valence-corrected chi connectivity index (χ1v) is 8.00. The number of ether oxygens (including phenoxy) is 3. The number of H-pyrrole nitrogens is 1. The number of benzene rings is 1. The molecule has 2 N–H and O–H groups in total. The van der Waals surface area contributed by atoms with Gasteiger partial charge in [0, 0.05) is 24.9 Å². The van der Waals surface area contributed by atoms with E-state index in [1.54, 1.807) is 18.2 Å². The van der Waals surface area contributed by atoms with Crippen molar-refractivity contribution >= 4 is 0 Å². The van der Waals surface area contributed by atoms with Gasteiger partial charge >= 0.3 is 5.69 Å². The van der Waals surface area contributed by atoms with Crippen molar-refractivity contribution in [1.29, 1.82) is 0 Å². The Kier molecular flexibility index (Phi) is 5.62. The number of nitrogens with zero attached hydrogens (tertiary/aromatic N) is 1. The second kappa shape index (κ2) is 7.92. The molecular formula is C17H19FN2O6. The fourth-order valence-corrected chi connectivity index (χ4v) is 2.80. The standard InChI is InChI=1S/C17H19FN2O6/c1-24-16-15(25-9-10-4-2-3-5-11(10)18)14(22)12(26-16)8-20-7-6-13(21)19-17(20)23/h2-7,12,14-16,22H,8-9H2,1H3,(H,19,21,23)/t12-,14+,15-,16+/m1/s1. The molecule has 26 heavy (non-hydrogen) atoms. The van der Waals surface area contributed by atoms with Crippen molar-refractivity contribution in [2.45, 2.75) is 37.8 Å². The number of nitrogens with one attached hydrogen (secondary N) is 1. The molecule has 0 spiro atoms. The molecule has 0 radical (unpaired) electrons. The zero-order valence-corrected chi connectivity index (χ0v) is 14.0. The SMILES string of the molecule is CO[C@H]1O[C@H](Cn2ccc(=O)[nH]c2=O)[C@H](O)[C@H]1OCc1ccccc1F. The second-order valence-corrected chi connectivity index (χ2v) is 5.90. The van der Waals surface area contributed by atoms with Crippen LogP contribution in [0.25, 0.3) is 0 Å². The molecule has 2 aromatic rings. The Balaban J connectivity index is 1.70. The predicted molar refractivity (Wildman–Crippen MR) is 88.0 cm³/mol. The number of aliphatic hydroxyl groups is 1. The van der Waals surface area contributed by atoms with Crippen LogP contribution in [0, 0.1) is 5.82 Å². The largest absolute Gasteiger partial charge is 0.387 e. The zero-order valence-electron chi connectivity index (χ0n) is 14.0. The first kappa shape index (κ1) is 18.5. The van der Waals surface area contributed by atoms with Gasteiger partial charge < -0.3 is 19.3 Å². The number of hydrogen-bond acceptors (Lipinski definition) is 6. The topological polar surface area (TPSA) is 103 Å². The predicted octanol–water partition coefficient (Wildman–Crippen LogP) is -0.00670. The smallest absolute Gasteiger partial charge is 0.328 e. The van der Waals surface area contributed by atoms with Crippen LogP contribution in [-0.4, -0.2) is 46.4 Å². The maximum Gasteiger partial charge on any atom is 0.328 e.